The highest BCUT2D eigenvalue weighted by atomic mass is 16.4. The lowest BCUT2D eigenvalue weighted by atomic mass is 10.3. The van der Waals surface area contributed by atoms with Crippen molar-refractivity contribution in [2.45, 2.75) is 13.5 Å². The van der Waals surface area contributed by atoms with Crippen molar-refractivity contribution in [3.8, 4) is 0 Å². The number of nitrogens with zero attached hydrogens (tertiary/aromatic N) is 5. The van der Waals surface area contributed by atoms with E-state index in [0.29, 0.717) is 18.1 Å². The van der Waals surface area contributed by atoms with Gasteiger partial charge >= 0.3 is 5.97 Å². The van der Waals surface area contributed by atoms with Crippen molar-refractivity contribution in [1.29, 1.82) is 0 Å². The van der Waals surface area contributed by atoms with Gasteiger partial charge in [0.2, 0.25) is 0 Å². The molecule has 0 unspecified atom stereocenters. The Kier molecular flexibility index (Phi) is 2.59. The highest BCUT2D eigenvalue weighted by molar-refractivity contribution is 5.86. The smallest absolute Gasteiger partial charge is 0.358 e. The van der Waals surface area contributed by atoms with Crippen molar-refractivity contribution in [2.24, 2.45) is 0 Å². The largest absolute Gasteiger partial charge is 0.476 e. The first-order valence-corrected chi connectivity index (χ1v) is 4.58. The molecule has 0 spiro atoms. The molecule has 0 saturated heterocycles. The molecule has 2 rings (SSSR count). The van der Waals surface area contributed by atoms with Crippen molar-refractivity contribution in [1.82, 2.24) is 25.0 Å². The summed E-state index contributed by atoms with van der Waals surface area (Å²) in [6.07, 6.45) is 3.24. The zero-order valence-corrected chi connectivity index (χ0v) is 8.53. The normalized spacial score (nSPS) is 10.3. The Balaban J connectivity index is 2.26. The second kappa shape index (κ2) is 4.05. The van der Waals surface area contributed by atoms with Gasteiger partial charge in [0, 0.05) is 12.4 Å². The molecule has 1 N–H and O–H groups in total. The van der Waals surface area contributed by atoms with E-state index >= 15 is 0 Å². The van der Waals surface area contributed by atoms with Crippen LogP contribution >= 0.6 is 0 Å². The van der Waals surface area contributed by atoms with E-state index in [2.05, 4.69) is 20.3 Å². The van der Waals surface area contributed by atoms with Crippen molar-refractivity contribution < 1.29 is 9.90 Å². The van der Waals surface area contributed by atoms with Gasteiger partial charge in [-0.15, -0.1) is 5.10 Å². The monoisotopic (exact) mass is 219 g/mol. The Bertz CT molecular complexity index is 508. The molecule has 0 amide bonds. The summed E-state index contributed by atoms with van der Waals surface area (Å²) in [6, 6.07) is 1.71. The fourth-order valence-corrected chi connectivity index (χ4v) is 1.25. The van der Waals surface area contributed by atoms with Crippen molar-refractivity contribution >= 4 is 5.97 Å². The number of carbonyl (C=O) groups is 1. The number of aromatic carboxylic acids is 1. The average molecular weight is 219 g/mol. The first-order chi connectivity index (χ1) is 7.68. The van der Waals surface area contributed by atoms with Gasteiger partial charge in [-0.25, -0.2) is 19.4 Å². The summed E-state index contributed by atoms with van der Waals surface area (Å²) >= 11 is 0. The lowest BCUT2D eigenvalue weighted by Gasteiger charge is -2.00. The van der Waals surface area contributed by atoms with Crippen LogP contribution in [0, 0.1) is 6.92 Å². The van der Waals surface area contributed by atoms with Crippen molar-refractivity contribution in [2.75, 3.05) is 0 Å². The van der Waals surface area contributed by atoms with Crippen molar-refractivity contribution in [3.63, 3.8) is 0 Å². The molecule has 16 heavy (non-hydrogen) atoms. The molecule has 0 atom stereocenters. The van der Waals surface area contributed by atoms with E-state index in [0.717, 1.165) is 0 Å². The molecule has 2 aromatic heterocycles. The third-order valence-electron chi connectivity index (χ3n) is 2.10. The van der Waals surface area contributed by atoms with E-state index in [9.17, 15) is 4.79 Å². The Morgan fingerprint density at radius 2 is 2.12 bits per heavy atom. The van der Waals surface area contributed by atoms with Crippen LogP contribution in [-0.2, 0) is 6.54 Å². The maximum atomic E-state index is 10.7. The van der Waals surface area contributed by atoms with E-state index in [1.807, 2.05) is 0 Å². The summed E-state index contributed by atoms with van der Waals surface area (Å²) in [4.78, 5) is 18.8. The van der Waals surface area contributed by atoms with Gasteiger partial charge in [0.1, 0.15) is 12.4 Å². The molecule has 0 aliphatic heterocycles. The minimum absolute atomic E-state index is 0.0454. The van der Waals surface area contributed by atoms with Crippen LogP contribution in [-0.4, -0.2) is 36.0 Å². The predicted octanol–water partition coefficient (Wildman–Crippen LogP) is 0.123. The van der Waals surface area contributed by atoms with Crippen LogP contribution in [0.3, 0.4) is 0 Å². The lowest BCUT2D eigenvalue weighted by molar-refractivity contribution is 0.0689. The topological polar surface area (TPSA) is 93.8 Å². The quantitative estimate of drug-likeness (QED) is 0.788. The molecule has 2 aromatic rings. The third kappa shape index (κ3) is 1.88. The van der Waals surface area contributed by atoms with Crippen LogP contribution < -0.4 is 0 Å². The summed E-state index contributed by atoms with van der Waals surface area (Å²) in [5.74, 6) is -0.523. The highest BCUT2D eigenvalue weighted by Gasteiger charge is 2.15. The van der Waals surface area contributed by atoms with Crippen LogP contribution in [0.15, 0.2) is 18.5 Å². The van der Waals surface area contributed by atoms with E-state index < -0.39 is 5.97 Å². The number of rotatable bonds is 3. The first kappa shape index (κ1) is 10.2. The standard InChI is InChI=1S/C9H9N5O2/c1-6-8(9(15)16)12-13-14(6)5-7-10-3-2-4-11-7/h2-4H,5H2,1H3,(H,15,16). The second-order valence-corrected chi connectivity index (χ2v) is 3.15. The number of hydrogen-bond donors (Lipinski definition) is 1. The van der Waals surface area contributed by atoms with Gasteiger partial charge < -0.3 is 5.11 Å². The summed E-state index contributed by atoms with van der Waals surface area (Å²) in [6.45, 7) is 1.96. The minimum Gasteiger partial charge on any atom is -0.476 e. The van der Waals surface area contributed by atoms with Crippen molar-refractivity contribution in [3.05, 3.63) is 35.7 Å². The van der Waals surface area contributed by atoms with Gasteiger partial charge in [-0.2, -0.15) is 0 Å². The van der Waals surface area contributed by atoms with Gasteiger partial charge in [0.05, 0.1) is 5.69 Å². The molecule has 0 radical (unpaired) electrons. The van der Waals surface area contributed by atoms with Crippen LogP contribution in [0.1, 0.15) is 22.0 Å². The van der Waals surface area contributed by atoms with E-state index in [4.69, 9.17) is 5.11 Å². The molecule has 0 saturated carbocycles. The van der Waals surface area contributed by atoms with Crippen LogP contribution in [0.5, 0.6) is 0 Å². The SMILES string of the molecule is Cc1c(C(=O)O)nnn1Cc1ncccn1. The fourth-order valence-electron chi connectivity index (χ4n) is 1.25. The Labute approximate surface area is 90.8 Å². The molecular weight excluding hydrogens is 210 g/mol. The van der Waals surface area contributed by atoms with Gasteiger partial charge in [-0.1, -0.05) is 5.21 Å². The Hall–Kier alpha value is -2.31. The van der Waals surface area contributed by atoms with Gasteiger partial charge in [0.15, 0.2) is 5.69 Å². The zero-order chi connectivity index (χ0) is 11.5. The van der Waals surface area contributed by atoms with E-state index in [1.54, 1.807) is 25.4 Å². The fraction of sp³-hybridized carbons (Fsp3) is 0.222. The number of aromatic nitrogens is 5. The van der Waals surface area contributed by atoms with E-state index in [1.165, 1.54) is 4.68 Å². The molecule has 0 bridgehead atoms. The average Bonchev–Trinajstić information content (AvgIpc) is 2.62. The lowest BCUT2D eigenvalue weighted by Crippen LogP contribution is -2.08. The molecule has 0 aliphatic carbocycles. The molecule has 0 aromatic carbocycles. The maximum Gasteiger partial charge on any atom is 0.358 e. The minimum atomic E-state index is -1.09. The molecular formula is C9H9N5O2. The van der Waals surface area contributed by atoms with Crippen LogP contribution in [0.25, 0.3) is 0 Å². The summed E-state index contributed by atoms with van der Waals surface area (Å²) in [7, 11) is 0. The van der Waals surface area contributed by atoms with Gasteiger partial charge in [0.25, 0.3) is 0 Å². The van der Waals surface area contributed by atoms with Crippen LogP contribution in [0.2, 0.25) is 0 Å². The molecule has 7 heteroatoms. The molecule has 2 heterocycles. The molecule has 82 valence electrons. The van der Waals surface area contributed by atoms with Crippen LogP contribution in [0.4, 0.5) is 0 Å². The molecule has 0 aliphatic rings. The summed E-state index contributed by atoms with van der Waals surface area (Å²) in [5.41, 5.74) is 0.441. The maximum absolute atomic E-state index is 10.7. The van der Waals surface area contributed by atoms with Gasteiger partial charge in [-0.3, -0.25) is 0 Å². The summed E-state index contributed by atoms with van der Waals surface area (Å²) < 4.78 is 1.46. The second-order valence-electron chi connectivity index (χ2n) is 3.15. The number of hydrogen-bond acceptors (Lipinski definition) is 5. The van der Waals surface area contributed by atoms with Gasteiger partial charge in [-0.05, 0) is 13.0 Å². The summed E-state index contributed by atoms with van der Waals surface area (Å²) in [5, 5.41) is 16.1. The predicted molar refractivity (Wildman–Crippen MR) is 52.9 cm³/mol. The Morgan fingerprint density at radius 1 is 1.44 bits per heavy atom. The van der Waals surface area contributed by atoms with E-state index in [-0.39, 0.29) is 5.69 Å². The third-order valence-corrected chi connectivity index (χ3v) is 2.10. The zero-order valence-electron chi connectivity index (χ0n) is 8.53. The Morgan fingerprint density at radius 3 is 2.69 bits per heavy atom. The first-order valence-electron chi connectivity index (χ1n) is 4.58. The number of carboxylic acid groups (broad SMARTS) is 1. The number of carboxylic acids is 1. The molecule has 0 fully saturated rings. The highest BCUT2D eigenvalue weighted by Crippen LogP contribution is 2.04. The molecule has 7 nitrogen and oxygen atoms in total.